The molecule has 0 amide bonds. The molecule has 19 heavy (non-hydrogen) atoms. The number of hydrogen-bond donors (Lipinski definition) is 2. The maximum atomic E-state index is 12.8. The summed E-state index contributed by atoms with van der Waals surface area (Å²) in [5.41, 5.74) is 12.9. The summed E-state index contributed by atoms with van der Waals surface area (Å²) in [6, 6.07) is 14.9. The van der Waals surface area contributed by atoms with Crippen molar-refractivity contribution in [3.8, 4) is 0 Å². The van der Waals surface area contributed by atoms with Crippen LogP contribution in [0.25, 0.3) is 0 Å². The Morgan fingerprint density at radius 2 is 1.21 bits per heavy atom. The summed E-state index contributed by atoms with van der Waals surface area (Å²) < 4.78 is 12.8. The van der Waals surface area contributed by atoms with Gasteiger partial charge in [0.15, 0.2) is 11.7 Å². The molecule has 2 rings (SSSR count). The van der Waals surface area contributed by atoms with Gasteiger partial charge in [0.25, 0.3) is 0 Å². The third-order valence-electron chi connectivity index (χ3n) is 2.48. The van der Waals surface area contributed by atoms with Crippen LogP contribution in [0, 0.1) is 5.82 Å². The zero-order valence-electron chi connectivity index (χ0n) is 10.1. The topological polar surface area (TPSA) is 76.8 Å². The van der Waals surface area contributed by atoms with E-state index in [1.807, 2.05) is 30.3 Å². The predicted molar refractivity (Wildman–Crippen MR) is 74.3 cm³/mol. The Labute approximate surface area is 110 Å². The maximum absolute atomic E-state index is 12.8. The molecule has 0 saturated carbocycles. The van der Waals surface area contributed by atoms with Gasteiger partial charge in [0.05, 0.1) is 0 Å². The number of nitrogens with two attached hydrogens (primary N) is 2. The van der Waals surface area contributed by atoms with E-state index in [-0.39, 0.29) is 17.5 Å². The molecule has 2 aromatic rings. The molecular weight excluding hydrogens is 243 g/mol. The second-order valence-electron chi connectivity index (χ2n) is 3.84. The summed E-state index contributed by atoms with van der Waals surface area (Å²) in [7, 11) is 0. The van der Waals surface area contributed by atoms with Crippen LogP contribution in [0.2, 0.25) is 0 Å². The molecule has 4 N–H and O–H groups in total. The highest BCUT2D eigenvalue weighted by Crippen LogP contribution is 2.03. The van der Waals surface area contributed by atoms with Gasteiger partial charge in [-0.05, 0) is 24.3 Å². The lowest BCUT2D eigenvalue weighted by atomic mass is 10.2. The normalized spacial score (nSPS) is 12.5. The van der Waals surface area contributed by atoms with Gasteiger partial charge in [-0.2, -0.15) is 0 Å². The van der Waals surface area contributed by atoms with Crippen LogP contribution in [0.4, 0.5) is 4.39 Å². The zero-order chi connectivity index (χ0) is 13.7. The molecule has 4 nitrogen and oxygen atoms in total. The van der Waals surface area contributed by atoms with Crippen molar-refractivity contribution in [1.29, 1.82) is 0 Å². The van der Waals surface area contributed by atoms with E-state index in [1.54, 1.807) is 0 Å². The number of hydrogen-bond acceptors (Lipinski definition) is 2. The minimum absolute atomic E-state index is 0.180. The van der Waals surface area contributed by atoms with E-state index in [2.05, 4.69) is 10.2 Å². The Kier molecular flexibility index (Phi) is 3.87. The van der Waals surface area contributed by atoms with Crippen LogP contribution in [0.5, 0.6) is 0 Å². The van der Waals surface area contributed by atoms with Gasteiger partial charge in [-0.1, -0.05) is 30.3 Å². The third kappa shape index (κ3) is 3.38. The van der Waals surface area contributed by atoms with Gasteiger partial charge in [0, 0.05) is 11.1 Å². The van der Waals surface area contributed by atoms with Crippen molar-refractivity contribution >= 4 is 11.7 Å². The summed E-state index contributed by atoms with van der Waals surface area (Å²) in [5, 5.41) is 7.69. The van der Waals surface area contributed by atoms with E-state index in [4.69, 9.17) is 11.5 Å². The first-order chi connectivity index (χ1) is 9.16. The van der Waals surface area contributed by atoms with E-state index in [9.17, 15) is 4.39 Å². The molecule has 0 fully saturated rings. The average molecular weight is 256 g/mol. The van der Waals surface area contributed by atoms with Crippen molar-refractivity contribution in [2.24, 2.45) is 21.7 Å². The molecule has 96 valence electrons. The Balaban J connectivity index is 2.20. The van der Waals surface area contributed by atoms with Gasteiger partial charge in [-0.3, -0.25) is 0 Å². The number of rotatable bonds is 3. The third-order valence-corrected chi connectivity index (χ3v) is 2.48. The van der Waals surface area contributed by atoms with Gasteiger partial charge >= 0.3 is 0 Å². The van der Waals surface area contributed by atoms with Crippen LogP contribution in [-0.2, 0) is 0 Å². The number of benzene rings is 2. The summed E-state index contributed by atoms with van der Waals surface area (Å²) in [6.45, 7) is 0. The molecule has 0 aromatic heterocycles. The van der Waals surface area contributed by atoms with Gasteiger partial charge in [-0.15, -0.1) is 10.2 Å². The van der Waals surface area contributed by atoms with Crippen molar-refractivity contribution in [2.45, 2.75) is 0 Å². The van der Waals surface area contributed by atoms with Crippen molar-refractivity contribution in [1.82, 2.24) is 0 Å². The lowest BCUT2D eigenvalue weighted by Gasteiger charge is -2.00. The average Bonchev–Trinajstić information content (AvgIpc) is 2.46. The van der Waals surface area contributed by atoms with E-state index < -0.39 is 0 Å². The first kappa shape index (κ1) is 12.8. The summed E-state index contributed by atoms with van der Waals surface area (Å²) >= 11 is 0. The molecule has 0 aliphatic rings. The lowest BCUT2D eigenvalue weighted by molar-refractivity contribution is 0.628. The van der Waals surface area contributed by atoms with Crippen LogP contribution in [0.15, 0.2) is 64.8 Å². The first-order valence-electron chi connectivity index (χ1n) is 5.65. The molecule has 0 aliphatic heterocycles. The molecule has 0 unspecified atom stereocenters. The summed E-state index contributed by atoms with van der Waals surface area (Å²) in [5.74, 6) is 0.119. The first-order valence-corrected chi connectivity index (χ1v) is 5.65. The Hall–Kier alpha value is -2.69. The Morgan fingerprint density at radius 3 is 1.74 bits per heavy atom. The molecule has 0 atom stereocenters. The minimum atomic E-state index is -0.330. The molecule has 0 heterocycles. The van der Waals surface area contributed by atoms with Crippen molar-refractivity contribution < 1.29 is 4.39 Å². The largest absolute Gasteiger partial charge is 0.382 e. The highest BCUT2D eigenvalue weighted by atomic mass is 19.1. The van der Waals surface area contributed by atoms with E-state index in [1.165, 1.54) is 24.3 Å². The zero-order valence-corrected chi connectivity index (χ0v) is 10.1. The molecule has 2 aromatic carbocycles. The van der Waals surface area contributed by atoms with Gasteiger partial charge in [-0.25, -0.2) is 4.39 Å². The van der Waals surface area contributed by atoms with Crippen LogP contribution >= 0.6 is 0 Å². The van der Waals surface area contributed by atoms with Gasteiger partial charge < -0.3 is 11.5 Å². The van der Waals surface area contributed by atoms with E-state index in [0.29, 0.717) is 5.56 Å². The molecule has 0 aliphatic carbocycles. The Morgan fingerprint density at radius 1 is 0.737 bits per heavy atom. The number of nitrogens with zero attached hydrogens (tertiary/aromatic N) is 2. The molecular formula is C14H13FN4. The van der Waals surface area contributed by atoms with Crippen molar-refractivity contribution in [2.75, 3.05) is 0 Å². The quantitative estimate of drug-likeness (QED) is 0.499. The Bertz CT molecular complexity index is 603. The molecule has 0 saturated heterocycles. The van der Waals surface area contributed by atoms with Crippen LogP contribution in [0.3, 0.4) is 0 Å². The smallest absolute Gasteiger partial charge is 0.153 e. The fraction of sp³-hybridized carbons (Fsp3) is 0. The van der Waals surface area contributed by atoms with Crippen LogP contribution in [0.1, 0.15) is 11.1 Å². The highest BCUT2D eigenvalue weighted by molar-refractivity contribution is 6.00. The molecule has 5 heteroatoms. The van der Waals surface area contributed by atoms with Crippen molar-refractivity contribution in [3.05, 3.63) is 71.5 Å². The van der Waals surface area contributed by atoms with E-state index >= 15 is 0 Å². The SMILES string of the molecule is N/C(=N\N=C(/N)c1ccc(F)cc1)c1ccccc1. The number of halogens is 1. The highest BCUT2D eigenvalue weighted by Gasteiger charge is 1.99. The van der Waals surface area contributed by atoms with Gasteiger partial charge in [0.2, 0.25) is 0 Å². The predicted octanol–water partition coefficient (Wildman–Crippen LogP) is 1.85. The lowest BCUT2D eigenvalue weighted by Crippen LogP contribution is -2.16. The minimum Gasteiger partial charge on any atom is -0.382 e. The van der Waals surface area contributed by atoms with Crippen LogP contribution in [-0.4, -0.2) is 11.7 Å². The van der Waals surface area contributed by atoms with Crippen molar-refractivity contribution in [3.63, 3.8) is 0 Å². The number of amidine groups is 2. The molecule has 0 radical (unpaired) electrons. The monoisotopic (exact) mass is 256 g/mol. The summed E-state index contributed by atoms with van der Waals surface area (Å²) in [6.07, 6.45) is 0. The summed E-state index contributed by atoms with van der Waals surface area (Å²) in [4.78, 5) is 0. The standard InChI is InChI=1S/C14H13FN4/c15-12-8-6-11(7-9-12)14(17)19-18-13(16)10-4-2-1-3-5-10/h1-9H,(H2,16,18)(H2,17,19). The fourth-order valence-electron chi connectivity index (χ4n) is 1.45. The van der Waals surface area contributed by atoms with E-state index in [0.717, 1.165) is 5.56 Å². The molecule has 0 bridgehead atoms. The van der Waals surface area contributed by atoms with Crippen LogP contribution < -0.4 is 11.5 Å². The fourth-order valence-corrected chi connectivity index (χ4v) is 1.45. The maximum Gasteiger partial charge on any atom is 0.153 e. The second kappa shape index (κ2) is 5.77. The van der Waals surface area contributed by atoms with Gasteiger partial charge in [0.1, 0.15) is 5.82 Å². The molecule has 0 spiro atoms. The second-order valence-corrected chi connectivity index (χ2v) is 3.84.